The third kappa shape index (κ3) is 4.28. The zero-order valence-corrected chi connectivity index (χ0v) is 21.2. The first-order chi connectivity index (χ1) is 15.7. The first-order valence-electron chi connectivity index (χ1n) is 11.8. The summed E-state index contributed by atoms with van der Waals surface area (Å²) in [5.41, 5.74) is 2.41. The standard InChI is InChI=1S/C27H32Cl2N2O2/c1-5-14-31(4)25(32)18-8-11-20(22(29)15-18)21-12-13-27(3)24(16(2)30-26(27)33)23(21)17-6-9-19(28)10-7-17/h6-11,15-16,21,23-24H,5,12-14H2,1-4H3,(H,30,33)/t16-,21+,23+,24+,27?/m1/s1. The van der Waals surface area contributed by atoms with Gasteiger partial charge in [-0.25, -0.2) is 0 Å². The van der Waals surface area contributed by atoms with Crippen LogP contribution in [-0.4, -0.2) is 36.3 Å². The molecule has 176 valence electrons. The minimum atomic E-state index is -0.411. The van der Waals surface area contributed by atoms with Gasteiger partial charge >= 0.3 is 0 Å². The van der Waals surface area contributed by atoms with Crippen LogP contribution in [0.5, 0.6) is 0 Å². The second kappa shape index (κ2) is 9.31. The molecule has 1 saturated carbocycles. The summed E-state index contributed by atoms with van der Waals surface area (Å²) < 4.78 is 0. The summed E-state index contributed by atoms with van der Waals surface area (Å²) in [4.78, 5) is 27.4. The maximum atomic E-state index is 12.9. The van der Waals surface area contributed by atoms with Crippen molar-refractivity contribution in [2.75, 3.05) is 13.6 Å². The van der Waals surface area contributed by atoms with E-state index in [-0.39, 0.29) is 35.6 Å². The Morgan fingerprint density at radius 2 is 1.88 bits per heavy atom. The molecule has 2 fully saturated rings. The number of amides is 2. The van der Waals surface area contributed by atoms with E-state index in [1.165, 1.54) is 5.56 Å². The number of carbonyl (C=O) groups excluding carboxylic acids is 2. The zero-order chi connectivity index (χ0) is 23.9. The molecule has 2 amide bonds. The molecule has 1 N–H and O–H groups in total. The van der Waals surface area contributed by atoms with Gasteiger partial charge in [-0.2, -0.15) is 0 Å². The molecule has 2 aromatic rings. The predicted octanol–water partition coefficient (Wildman–Crippen LogP) is 6.28. The summed E-state index contributed by atoms with van der Waals surface area (Å²) in [7, 11) is 1.82. The number of halogens is 2. The predicted molar refractivity (Wildman–Crippen MR) is 134 cm³/mol. The molecule has 1 aliphatic heterocycles. The number of nitrogens with one attached hydrogen (secondary N) is 1. The van der Waals surface area contributed by atoms with E-state index in [9.17, 15) is 9.59 Å². The van der Waals surface area contributed by atoms with Gasteiger partial charge in [0.2, 0.25) is 5.91 Å². The van der Waals surface area contributed by atoms with Crippen molar-refractivity contribution in [3.05, 3.63) is 69.2 Å². The van der Waals surface area contributed by atoms with Crippen molar-refractivity contribution < 1.29 is 9.59 Å². The van der Waals surface area contributed by atoms with Crippen molar-refractivity contribution >= 4 is 35.0 Å². The van der Waals surface area contributed by atoms with Crippen LogP contribution < -0.4 is 5.32 Å². The Balaban J connectivity index is 1.75. The number of hydrogen-bond donors (Lipinski definition) is 1. The highest BCUT2D eigenvalue weighted by molar-refractivity contribution is 6.32. The van der Waals surface area contributed by atoms with Crippen LogP contribution in [-0.2, 0) is 4.79 Å². The second-order valence-electron chi connectivity index (χ2n) is 9.89. The number of fused-ring (bicyclic) bond motifs is 1. The molecule has 6 heteroatoms. The van der Waals surface area contributed by atoms with E-state index in [1.54, 1.807) is 11.0 Å². The molecule has 1 heterocycles. The van der Waals surface area contributed by atoms with E-state index < -0.39 is 5.41 Å². The van der Waals surface area contributed by atoms with Gasteiger partial charge in [0, 0.05) is 41.2 Å². The molecule has 1 saturated heterocycles. The topological polar surface area (TPSA) is 49.4 Å². The molecule has 0 spiro atoms. The number of rotatable bonds is 5. The fraction of sp³-hybridized carbons (Fsp3) is 0.481. The van der Waals surface area contributed by atoms with Crippen LogP contribution in [0.25, 0.3) is 0 Å². The van der Waals surface area contributed by atoms with Crippen molar-refractivity contribution in [3.63, 3.8) is 0 Å². The van der Waals surface area contributed by atoms with Crippen LogP contribution in [0.2, 0.25) is 10.0 Å². The largest absolute Gasteiger partial charge is 0.353 e. The third-order valence-electron chi connectivity index (χ3n) is 7.75. The average Bonchev–Trinajstić information content (AvgIpc) is 3.02. The van der Waals surface area contributed by atoms with Gasteiger partial charge in [-0.3, -0.25) is 9.59 Å². The summed E-state index contributed by atoms with van der Waals surface area (Å²) in [6.07, 6.45) is 2.56. The maximum Gasteiger partial charge on any atom is 0.253 e. The summed E-state index contributed by atoms with van der Waals surface area (Å²) in [6.45, 7) is 6.96. The fourth-order valence-corrected chi connectivity index (χ4v) is 6.58. The number of carbonyl (C=O) groups is 2. The van der Waals surface area contributed by atoms with Gasteiger partial charge in [-0.1, -0.05) is 55.2 Å². The Labute approximate surface area is 206 Å². The summed E-state index contributed by atoms with van der Waals surface area (Å²) in [5.74, 6) is 0.512. The number of hydrogen-bond acceptors (Lipinski definition) is 2. The highest BCUT2D eigenvalue weighted by atomic mass is 35.5. The quantitative estimate of drug-likeness (QED) is 0.540. The van der Waals surface area contributed by atoms with Crippen molar-refractivity contribution in [1.82, 2.24) is 10.2 Å². The van der Waals surface area contributed by atoms with E-state index >= 15 is 0 Å². The summed E-state index contributed by atoms with van der Waals surface area (Å²) in [6, 6.07) is 13.8. The van der Waals surface area contributed by atoms with Crippen molar-refractivity contribution in [1.29, 1.82) is 0 Å². The first-order valence-corrected chi connectivity index (χ1v) is 12.5. The lowest BCUT2D eigenvalue weighted by Crippen LogP contribution is -2.42. The number of nitrogens with zero attached hydrogens (tertiary/aromatic N) is 1. The van der Waals surface area contributed by atoms with Gasteiger partial charge in [-0.05, 0) is 73.4 Å². The molecule has 4 rings (SSSR count). The molecule has 33 heavy (non-hydrogen) atoms. The van der Waals surface area contributed by atoms with Crippen molar-refractivity contribution in [2.45, 2.75) is 57.9 Å². The van der Waals surface area contributed by atoms with Gasteiger partial charge in [0.15, 0.2) is 0 Å². The molecule has 2 aromatic carbocycles. The van der Waals surface area contributed by atoms with Gasteiger partial charge < -0.3 is 10.2 Å². The molecule has 0 bridgehead atoms. The van der Waals surface area contributed by atoms with E-state index in [2.05, 4.69) is 38.2 Å². The van der Waals surface area contributed by atoms with Crippen LogP contribution in [0.15, 0.2) is 42.5 Å². The SMILES string of the molecule is CCCN(C)C(=O)c1ccc([C@@H]2CCC3(C)C(=O)N[C@H](C)[C@H]3[C@H]2c2ccc(Cl)cc2)c(Cl)c1. The normalized spacial score (nSPS) is 28.8. The molecule has 0 radical (unpaired) electrons. The second-order valence-corrected chi connectivity index (χ2v) is 10.7. The van der Waals surface area contributed by atoms with Gasteiger partial charge in [0.1, 0.15) is 0 Å². The lowest BCUT2D eigenvalue weighted by atomic mass is 9.56. The molecule has 0 aromatic heterocycles. The zero-order valence-electron chi connectivity index (χ0n) is 19.7. The van der Waals surface area contributed by atoms with E-state index in [0.29, 0.717) is 22.2 Å². The molecular formula is C27H32Cl2N2O2. The molecule has 4 nitrogen and oxygen atoms in total. The van der Waals surface area contributed by atoms with Crippen molar-refractivity contribution in [2.24, 2.45) is 11.3 Å². The van der Waals surface area contributed by atoms with E-state index in [1.807, 2.05) is 31.3 Å². The molecule has 2 aliphatic rings. The van der Waals surface area contributed by atoms with Crippen LogP contribution >= 0.6 is 23.2 Å². The van der Waals surface area contributed by atoms with Crippen LogP contribution in [0.4, 0.5) is 0 Å². The fourth-order valence-electron chi connectivity index (χ4n) is 6.13. The van der Waals surface area contributed by atoms with E-state index in [4.69, 9.17) is 23.2 Å². The van der Waals surface area contributed by atoms with E-state index in [0.717, 1.165) is 24.8 Å². The highest BCUT2D eigenvalue weighted by Crippen LogP contribution is 2.59. The van der Waals surface area contributed by atoms with Crippen molar-refractivity contribution in [3.8, 4) is 0 Å². The van der Waals surface area contributed by atoms with Gasteiger partial charge in [0.25, 0.3) is 5.91 Å². The maximum absolute atomic E-state index is 12.9. The van der Waals surface area contributed by atoms with Gasteiger partial charge in [0.05, 0.1) is 5.41 Å². The molecular weight excluding hydrogens is 455 g/mol. The van der Waals surface area contributed by atoms with Crippen LogP contribution in [0, 0.1) is 11.3 Å². The summed E-state index contributed by atoms with van der Waals surface area (Å²) in [5, 5.41) is 4.51. The minimum absolute atomic E-state index is 0.0185. The molecule has 1 unspecified atom stereocenters. The monoisotopic (exact) mass is 486 g/mol. The highest BCUT2D eigenvalue weighted by Gasteiger charge is 2.57. The lowest BCUT2D eigenvalue weighted by Gasteiger charge is -2.46. The molecule has 5 atom stereocenters. The Bertz CT molecular complexity index is 1050. The van der Waals surface area contributed by atoms with Crippen LogP contribution in [0.3, 0.4) is 0 Å². The van der Waals surface area contributed by atoms with Gasteiger partial charge in [-0.15, -0.1) is 0 Å². The smallest absolute Gasteiger partial charge is 0.253 e. The Morgan fingerprint density at radius 3 is 2.52 bits per heavy atom. The minimum Gasteiger partial charge on any atom is -0.353 e. The third-order valence-corrected chi connectivity index (χ3v) is 8.33. The Kier molecular flexibility index (Phi) is 6.80. The average molecular weight is 487 g/mol. The Hall–Kier alpha value is -2.04. The van der Waals surface area contributed by atoms with Crippen LogP contribution in [0.1, 0.15) is 73.4 Å². The lowest BCUT2D eigenvalue weighted by molar-refractivity contribution is -0.129. The Morgan fingerprint density at radius 1 is 1.18 bits per heavy atom. The number of benzene rings is 2. The first kappa shape index (κ1) is 24.1. The molecule has 1 aliphatic carbocycles. The summed E-state index contributed by atoms with van der Waals surface area (Å²) >= 11 is 13.0.